The van der Waals surface area contributed by atoms with Crippen LogP contribution < -0.4 is 14.8 Å². The average Bonchev–Trinajstić information content (AvgIpc) is 3.18. The van der Waals surface area contributed by atoms with Crippen LogP contribution in [0.3, 0.4) is 0 Å². The molecule has 3 aromatic carbocycles. The van der Waals surface area contributed by atoms with Crippen LogP contribution in [0.4, 0.5) is 10.1 Å². The maximum Gasteiger partial charge on any atom is 0.239 e. The fourth-order valence-corrected chi connectivity index (χ4v) is 5.36. The molecule has 9 heteroatoms. The van der Waals surface area contributed by atoms with Crippen molar-refractivity contribution in [1.29, 1.82) is 0 Å². The molecule has 0 saturated carbocycles. The molecule has 5 rings (SSSR count). The molecule has 1 N–H and O–H groups in total. The molecule has 1 amide bonds. The third-order valence-corrected chi connectivity index (χ3v) is 7.11. The first kappa shape index (κ1) is 22.0. The van der Waals surface area contributed by atoms with Crippen LogP contribution in [0.1, 0.15) is 5.56 Å². The first-order chi connectivity index (χ1) is 16.4. The van der Waals surface area contributed by atoms with Gasteiger partial charge in [0.1, 0.15) is 24.8 Å². The minimum atomic E-state index is -3.97. The lowest BCUT2D eigenvalue weighted by Gasteiger charge is -2.19. The summed E-state index contributed by atoms with van der Waals surface area (Å²) in [5.74, 6) is -0.693. The Morgan fingerprint density at radius 2 is 1.76 bits per heavy atom. The van der Waals surface area contributed by atoms with E-state index in [1.807, 2.05) is 0 Å². The maximum absolute atomic E-state index is 13.6. The number of nitrogens with one attached hydrogen (secondary N) is 1. The second-order valence-corrected chi connectivity index (χ2v) is 9.89. The lowest BCUT2D eigenvalue weighted by molar-refractivity contribution is -0.113. The van der Waals surface area contributed by atoms with Gasteiger partial charge in [0.25, 0.3) is 0 Å². The summed E-state index contributed by atoms with van der Waals surface area (Å²) in [6.07, 6.45) is 1.50. The molecular formula is C25H21FN2O5S. The molecule has 0 atom stereocenters. The van der Waals surface area contributed by atoms with E-state index in [0.717, 1.165) is 0 Å². The van der Waals surface area contributed by atoms with Gasteiger partial charge in [0.15, 0.2) is 21.3 Å². The Labute approximate surface area is 195 Å². The van der Waals surface area contributed by atoms with Crippen LogP contribution in [0.2, 0.25) is 0 Å². The predicted molar refractivity (Wildman–Crippen MR) is 126 cm³/mol. The average molecular weight is 481 g/mol. The second kappa shape index (κ2) is 8.83. The van der Waals surface area contributed by atoms with Gasteiger partial charge in [-0.3, -0.25) is 4.79 Å². The van der Waals surface area contributed by atoms with Gasteiger partial charge in [-0.25, -0.2) is 12.8 Å². The molecule has 0 fully saturated rings. The van der Waals surface area contributed by atoms with Gasteiger partial charge in [-0.05, 0) is 35.9 Å². The van der Waals surface area contributed by atoms with Crippen LogP contribution in [0.15, 0.2) is 77.8 Å². The van der Waals surface area contributed by atoms with Gasteiger partial charge in [-0.15, -0.1) is 0 Å². The third-order valence-electron chi connectivity index (χ3n) is 5.48. The number of sulfone groups is 1. The van der Waals surface area contributed by atoms with Gasteiger partial charge < -0.3 is 19.4 Å². The number of nitrogens with zero attached hydrogens (tertiary/aromatic N) is 1. The quantitative estimate of drug-likeness (QED) is 0.451. The maximum atomic E-state index is 13.6. The Kier molecular flexibility index (Phi) is 5.70. The van der Waals surface area contributed by atoms with Crippen LogP contribution in [-0.2, 0) is 21.2 Å². The highest BCUT2D eigenvalue weighted by atomic mass is 32.2. The van der Waals surface area contributed by atoms with Gasteiger partial charge >= 0.3 is 0 Å². The number of amides is 1. The van der Waals surface area contributed by atoms with Crippen LogP contribution in [0.5, 0.6) is 11.5 Å². The molecule has 0 bridgehead atoms. The number of carbonyl (C=O) groups excluding carboxylic acids is 1. The van der Waals surface area contributed by atoms with E-state index >= 15 is 0 Å². The number of anilines is 1. The molecular weight excluding hydrogens is 459 g/mol. The largest absolute Gasteiger partial charge is 0.486 e. The highest BCUT2D eigenvalue weighted by Gasteiger charge is 2.25. The topological polar surface area (TPSA) is 86.6 Å². The summed E-state index contributed by atoms with van der Waals surface area (Å²) < 4.78 is 52.8. The van der Waals surface area contributed by atoms with E-state index in [1.54, 1.807) is 59.2 Å². The van der Waals surface area contributed by atoms with Crippen molar-refractivity contribution in [2.24, 2.45) is 0 Å². The summed E-state index contributed by atoms with van der Waals surface area (Å²) in [7, 11) is -3.97. The zero-order valence-corrected chi connectivity index (χ0v) is 18.8. The Morgan fingerprint density at radius 1 is 0.971 bits per heavy atom. The van der Waals surface area contributed by atoms with E-state index in [-0.39, 0.29) is 17.3 Å². The van der Waals surface area contributed by atoms with Crippen molar-refractivity contribution in [3.05, 3.63) is 84.3 Å². The van der Waals surface area contributed by atoms with Gasteiger partial charge in [0.2, 0.25) is 5.91 Å². The molecule has 7 nitrogen and oxygen atoms in total. The first-order valence-electron chi connectivity index (χ1n) is 10.6. The second-order valence-electron chi connectivity index (χ2n) is 7.93. The number of para-hydroxylation sites is 1. The Hall–Kier alpha value is -3.85. The Balaban J connectivity index is 1.39. The zero-order chi connectivity index (χ0) is 23.7. The van der Waals surface area contributed by atoms with E-state index in [0.29, 0.717) is 46.9 Å². The van der Waals surface area contributed by atoms with Gasteiger partial charge in [0, 0.05) is 35.4 Å². The number of hydrogen-bond acceptors (Lipinski definition) is 5. The molecule has 34 heavy (non-hydrogen) atoms. The molecule has 0 radical (unpaired) electrons. The molecule has 0 saturated heterocycles. The van der Waals surface area contributed by atoms with Gasteiger partial charge in [-0.1, -0.05) is 30.3 Å². The molecule has 1 aliphatic rings. The number of carbonyl (C=O) groups is 1. The zero-order valence-electron chi connectivity index (χ0n) is 18.0. The lowest BCUT2D eigenvalue weighted by Crippen LogP contribution is -2.23. The summed E-state index contributed by atoms with van der Waals surface area (Å²) in [4.78, 5) is 12.7. The van der Waals surface area contributed by atoms with Crippen LogP contribution in [0, 0.1) is 5.82 Å². The van der Waals surface area contributed by atoms with Crippen LogP contribution in [-0.4, -0.2) is 37.9 Å². The minimum Gasteiger partial charge on any atom is -0.486 e. The fraction of sp³-hybridized carbons (Fsp3) is 0.160. The molecule has 0 spiro atoms. The van der Waals surface area contributed by atoms with E-state index < -0.39 is 21.5 Å². The van der Waals surface area contributed by atoms with Crippen molar-refractivity contribution in [2.75, 3.05) is 24.3 Å². The van der Waals surface area contributed by atoms with E-state index in [2.05, 4.69) is 5.32 Å². The normalized spacial score (nSPS) is 13.1. The summed E-state index contributed by atoms with van der Waals surface area (Å²) in [6.45, 7) is 1.14. The fourth-order valence-electron chi connectivity index (χ4n) is 3.99. The highest BCUT2D eigenvalue weighted by molar-refractivity contribution is 7.92. The summed E-state index contributed by atoms with van der Waals surface area (Å²) in [5.41, 5.74) is 1.79. The minimum absolute atomic E-state index is 0.0526. The van der Waals surface area contributed by atoms with Crippen molar-refractivity contribution in [3.63, 3.8) is 0 Å². The summed E-state index contributed by atoms with van der Waals surface area (Å²) >= 11 is 0. The summed E-state index contributed by atoms with van der Waals surface area (Å²) in [5, 5.41) is 3.12. The van der Waals surface area contributed by atoms with Crippen molar-refractivity contribution >= 4 is 32.3 Å². The number of halogens is 1. The van der Waals surface area contributed by atoms with Crippen molar-refractivity contribution in [3.8, 4) is 11.5 Å². The molecule has 1 aliphatic heterocycles. The van der Waals surface area contributed by atoms with Crippen molar-refractivity contribution in [2.45, 2.75) is 11.4 Å². The molecule has 1 aromatic heterocycles. The Bertz CT molecular complexity index is 1500. The van der Waals surface area contributed by atoms with E-state index in [4.69, 9.17) is 9.47 Å². The number of rotatable bonds is 6. The SMILES string of the molecule is O=C(CS(=O)(=O)c1cn(Cc2cccc(F)c2)c2ccccc12)Nc1ccc2c(c1)OCCO2. The molecule has 174 valence electrons. The monoisotopic (exact) mass is 480 g/mol. The van der Waals surface area contributed by atoms with Gasteiger partial charge in [-0.2, -0.15) is 0 Å². The highest BCUT2D eigenvalue weighted by Crippen LogP contribution is 2.33. The van der Waals surface area contributed by atoms with Crippen LogP contribution in [0.25, 0.3) is 10.9 Å². The van der Waals surface area contributed by atoms with Crippen molar-refractivity contribution < 1.29 is 27.1 Å². The first-order valence-corrected chi connectivity index (χ1v) is 12.3. The van der Waals surface area contributed by atoms with Crippen molar-refractivity contribution in [1.82, 2.24) is 4.57 Å². The number of aromatic nitrogens is 1. The number of hydrogen-bond donors (Lipinski definition) is 1. The summed E-state index contributed by atoms with van der Waals surface area (Å²) in [6, 6.07) is 18.1. The van der Waals surface area contributed by atoms with E-state index in [9.17, 15) is 17.6 Å². The Morgan fingerprint density at radius 3 is 2.59 bits per heavy atom. The predicted octanol–water partition coefficient (Wildman–Crippen LogP) is 4.01. The number of benzene rings is 3. The molecule has 0 unspecified atom stereocenters. The molecule has 4 aromatic rings. The van der Waals surface area contributed by atoms with Gasteiger partial charge in [0.05, 0.1) is 4.90 Å². The smallest absolute Gasteiger partial charge is 0.239 e. The number of ether oxygens (including phenoxy) is 2. The molecule has 0 aliphatic carbocycles. The third kappa shape index (κ3) is 4.47. The lowest BCUT2D eigenvalue weighted by atomic mass is 10.2. The van der Waals surface area contributed by atoms with E-state index in [1.165, 1.54) is 18.3 Å². The standard InChI is InChI=1S/C25H21FN2O5S/c26-18-5-3-4-17(12-18)14-28-15-24(20-6-1-2-7-21(20)28)34(30,31)16-25(29)27-19-8-9-22-23(13-19)33-11-10-32-22/h1-9,12-13,15H,10-11,14,16H2,(H,27,29). The molecule has 2 heterocycles. The number of fused-ring (bicyclic) bond motifs is 2. The van der Waals surface area contributed by atoms with Crippen LogP contribution >= 0.6 is 0 Å².